The van der Waals surface area contributed by atoms with Gasteiger partial charge >= 0.3 is 6.18 Å². The summed E-state index contributed by atoms with van der Waals surface area (Å²) in [6.45, 7) is 3.88. The van der Waals surface area contributed by atoms with Gasteiger partial charge in [-0.2, -0.15) is 23.3 Å². The summed E-state index contributed by atoms with van der Waals surface area (Å²) in [5.41, 5.74) is -3.14. The van der Waals surface area contributed by atoms with Crippen molar-refractivity contribution in [2.45, 2.75) is 45.0 Å². The number of hydrogen-bond acceptors (Lipinski definition) is 3. The van der Waals surface area contributed by atoms with Gasteiger partial charge in [-0.05, 0) is 46.8 Å². The number of halogens is 4. The zero-order valence-electron chi connectivity index (χ0n) is 13.3. The average Bonchev–Trinajstić information content (AvgIpc) is 2.83. The van der Waals surface area contributed by atoms with E-state index < -0.39 is 24.2 Å². The molecular weight excluding hydrogens is 389 g/mol. The van der Waals surface area contributed by atoms with Gasteiger partial charge in [0, 0.05) is 16.6 Å². The maximum atomic E-state index is 13.4. The number of hydrogen-bond donors (Lipinski definition) is 1. The zero-order chi connectivity index (χ0) is 18.1. The van der Waals surface area contributed by atoms with Gasteiger partial charge in [-0.3, -0.25) is 4.79 Å². The first-order valence-electron chi connectivity index (χ1n) is 7.51. The monoisotopic (exact) mass is 406 g/mol. The molecule has 0 aromatic heterocycles. The third-order valence-electron chi connectivity index (χ3n) is 3.80. The molecule has 0 spiro atoms. The molecule has 1 amide bonds. The second-order valence-electron chi connectivity index (χ2n) is 6.19. The van der Waals surface area contributed by atoms with E-state index in [4.69, 9.17) is 0 Å². The van der Waals surface area contributed by atoms with E-state index in [2.05, 4.69) is 21.0 Å². The highest BCUT2D eigenvalue weighted by Gasteiger charge is 2.63. The molecule has 8 heteroatoms. The van der Waals surface area contributed by atoms with Crippen molar-refractivity contribution in [2.75, 3.05) is 0 Å². The second-order valence-corrected chi connectivity index (χ2v) is 7.04. The highest BCUT2D eigenvalue weighted by Crippen LogP contribution is 2.42. The summed E-state index contributed by atoms with van der Waals surface area (Å²) in [6, 6.07) is 6.09. The van der Waals surface area contributed by atoms with E-state index in [1.165, 1.54) is 12.1 Å². The number of carbonyl (C=O) groups is 1. The molecule has 1 aliphatic heterocycles. The normalized spacial score (nSPS) is 21.3. The number of benzene rings is 1. The standard InChI is InChI=1S/C16H18BrF3N2O2/c1-10(2)7-8-11-9-15(24,16(18,19)20)22(21-11)14(23)12-5-3-4-6-13(12)17/h3-6,10,24H,7-9H2,1-2H3/t15-/m1/s1. The largest absolute Gasteiger partial charge is 0.438 e. The molecule has 4 nitrogen and oxygen atoms in total. The van der Waals surface area contributed by atoms with Gasteiger partial charge in [-0.25, -0.2) is 0 Å². The van der Waals surface area contributed by atoms with Gasteiger partial charge in [-0.15, -0.1) is 0 Å². The van der Waals surface area contributed by atoms with E-state index in [9.17, 15) is 23.1 Å². The number of carbonyl (C=O) groups excluding carboxylic acids is 1. The highest BCUT2D eigenvalue weighted by atomic mass is 79.9. The highest BCUT2D eigenvalue weighted by molar-refractivity contribution is 9.10. The van der Waals surface area contributed by atoms with Crippen LogP contribution in [0.2, 0.25) is 0 Å². The van der Waals surface area contributed by atoms with Gasteiger partial charge in [0.25, 0.3) is 11.6 Å². The number of amides is 1. The van der Waals surface area contributed by atoms with E-state index >= 15 is 0 Å². The number of alkyl halides is 3. The summed E-state index contributed by atoms with van der Waals surface area (Å²) in [5.74, 6) is -0.721. The van der Waals surface area contributed by atoms with Crippen LogP contribution in [0.25, 0.3) is 0 Å². The van der Waals surface area contributed by atoms with Crippen molar-refractivity contribution in [3.63, 3.8) is 0 Å². The fourth-order valence-corrected chi connectivity index (χ4v) is 2.85. The van der Waals surface area contributed by atoms with Crippen LogP contribution in [0.15, 0.2) is 33.8 Å². The van der Waals surface area contributed by atoms with Crippen molar-refractivity contribution in [3.8, 4) is 0 Å². The topological polar surface area (TPSA) is 52.9 Å². The third kappa shape index (κ3) is 3.64. The molecule has 132 valence electrons. The van der Waals surface area contributed by atoms with Crippen LogP contribution in [0.1, 0.15) is 43.5 Å². The molecule has 0 saturated carbocycles. The Balaban J connectivity index is 2.38. The van der Waals surface area contributed by atoms with E-state index in [0.29, 0.717) is 17.3 Å². The quantitative estimate of drug-likeness (QED) is 0.808. The van der Waals surface area contributed by atoms with Crippen LogP contribution in [0.4, 0.5) is 13.2 Å². The smallest absolute Gasteiger partial charge is 0.362 e. The van der Waals surface area contributed by atoms with Crippen molar-refractivity contribution in [1.29, 1.82) is 0 Å². The van der Waals surface area contributed by atoms with Gasteiger partial charge in [0.05, 0.1) is 5.56 Å². The fraction of sp³-hybridized carbons (Fsp3) is 0.500. The van der Waals surface area contributed by atoms with Gasteiger partial charge in [0.2, 0.25) is 0 Å². The molecule has 2 rings (SSSR count). The van der Waals surface area contributed by atoms with E-state index in [1.54, 1.807) is 12.1 Å². The van der Waals surface area contributed by atoms with E-state index in [0.717, 1.165) is 0 Å². The number of hydrazone groups is 1. The molecule has 1 N–H and O–H groups in total. The van der Waals surface area contributed by atoms with Crippen LogP contribution in [0.3, 0.4) is 0 Å². The summed E-state index contributed by atoms with van der Waals surface area (Å²) in [6.07, 6.45) is -4.80. The molecular formula is C16H18BrF3N2O2. The van der Waals surface area contributed by atoms with Gasteiger partial charge in [-0.1, -0.05) is 26.0 Å². The van der Waals surface area contributed by atoms with Crippen LogP contribution in [0.5, 0.6) is 0 Å². The van der Waals surface area contributed by atoms with Crippen molar-refractivity contribution >= 4 is 27.5 Å². The Labute approximate surface area is 146 Å². The molecule has 0 saturated heterocycles. The van der Waals surface area contributed by atoms with Gasteiger partial charge in [0.1, 0.15) is 0 Å². The Hall–Kier alpha value is -1.41. The minimum absolute atomic E-state index is 0.00837. The lowest BCUT2D eigenvalue weighted by atomic mass is 9.99. The van der Waals surface area contributed by atoms with Gasteiger partial charge < -0.3 is 5.11 Å². The minimum Gasteiger partial charge on any atom is -0.362 e. The Morgan fingerprint density at radius 3 is 2.58 bits per heavy atom. The molecule has 1 aliphatic rings. The Kier molecular flexibility index (Phi) is 5.39. The molecule has 0 fully saturated rings. The van der Waals surface area contributed by atoms with Crippen LogP contribution < -0.4 is 0 Å². The SMILES string of the molecule is CC(C)CCC1=NN(C(=O)c2ccccc2Br)[C@](O)(C(F)(F)F)C1. The summed E-state index contributed by atoms with van der Waals surface area (Å²) in [7, 11) is 0. The predicted octanol–water partition coefficient (Wildman–Crippen LogP) is 4.34. The summed E-state index contributed by atoms with van der Waals surface area (Å²) < 4.78 is 40.6. The minimum atomic E-state index is -5.01. The molecule has 1 heterocycles. The molecule has 0 radical (unpaired) electrons. The molecule has 0 unspecified atom stereocenters. The lowest BCUT2D eigenvalue weighted by molar-refractivity contribution is -0.297. The lowest BCUT2D eigenvalue weighted by Crippen LogP contribution is -2.56. The van der Waals surface area contributed by atoms with Crippen LogP contribution in [-0.2, 0) is 0 Å². The Bertz CT molecular complexity index is 661. The molecule has 1 aromatic rings. The first kappa shape index (κ1) is 18.9. The summed E-state index contributed by atoms with van der Waals surface area (Å²) in [4.78, 5) is 12.5. The van der Waals surface area contributed by atoms with Crippen LogP contribution >= 0.6 is 15.9 Å². The third-order valence-corrected chi connectivity index (χ3v) is 4.49. The predicted molar refractivity (Wildman–Crippen MR) is 87.4 cm³/mol. The van der Waals surface area contributed by atoms with Crippen molar-refractivity contribution in [2.24, 2.45) is 11.0 Å². The maximum absolute atomic E-state index is 13.4. The molecule has 1 aromatic carbocycles. The Morgan fingerprint density at radius 2 is 2.04 bits per heavy atom. The molecule has 0 aliphatic carbocycles. The summed E-state index contributed by atoms with van der Waals surface area (Å²) >= 11 is 3.14. The van der Waals surface area contributed by atoms with Crippen LogP contribution in [-0.4, -0.2) is 33.6 Å². The van der Waals surface area contributed by atoms with Crippen LogP contribution in [0, 0.1) is 5.92 Å². The van der Waals surface area contributed by atoms with Crippen molar-refractivity contribution < 1.29 is 23.1 Å². The lowest BCUT2D eigenvalue weighted by Gasteiger charge is -2.32. The van der Waals surface area contributed by atoms with Gasteiger partial charge in [0.15, 0.2) is 0 Å². The summed E-state index contributed by atoms with van der Waals surface area (Å²) in [5, 5.41) is 14.2. The van der Waals surface area contributed by atoms with E-state index in [-0.39, 0.29) is 22.2 Å². The zero-order valence-corrected chi connectivity index (χ0v) is 14.9. The molecule has 24 heavy (non-hydrogen) atoms. The van der Waals surface area contributed by atoms with Crippen molar-refractivity contribution in [1.82, 2.24) is 5.01 Å². The Morgan fingerprint density at radius 1 is 1.42 bits per heavy atom. The molecule has 1 atom stereocenters. The second kappa shape index (κ2) is 6.84. The van der Waals surface area contributed by atoms with Crippen molar-refractivity contribution in [3.05, 3.63) is 34.3 Å². The average molecular weight is 407 g/mol. The maximum Gasteiger partial charge on any atom is 0.438 e. The molecule has 0 bridgehead atoms. The first-order valence-corrected chi connectivity index (χ1v) is 8.30. The number of aliphatic hydroxyl groups is 1. The van der Waals surface area contributed by atoms with E-state index in [1.807, 2.05) is 13.8 Å². The first-order chi connectivity index (χ1) is 11.1. The number of nitrogens with zero attached hydrogens (tertiary/aromatic N) is 2. The fourth-order valence-electron chi connectivity index (χ4n) is 2.40. The number of rotatable bonds is 4.